The number of nitrogens with zero attached hydrogens (tertiary/aromatic N) is 2. The molecule has 1 aliphatic carbocycles. The summed E-state index contributed by atoms with van der Waals surface area (Å²) in [4.78, 5) is 30.2. The minimum absolute atomic E-state index is 0.0107. The number of guanidine groups is 1. The van der Waals surface area contributed by atoms with Gasteiger partial charge in [0.15, 0.2) is 5.96 Å². The summed E-state index contributed by atoms with van der Waals surface area (Å²) in [5.41, 5.74) is -0.510. The number of rotatable bonds is 10. The van der Waals surface area contributed by atoms with Gasteiger partial charge in [0.2, 0.25) is 5.91 Å². The fourth-order valence-electron chi connectivity index (χ4n) is 2.83. The standard InChI is InChI=1S/C21H41N5O3/c1-15(2)17(25-20(28)29-21(3,4)5)12-14-26(7)19(22-6)23-13-8-9-18(27)24-16-10-11-16/h15-17H,8-14H2,1-7H3,(H,22,23)(H,24,27)(H,25,28). The molecule has 8 heteroatoms. The summed E-state index contributed by atoms with van der Waals surface area (Å²) in [5.74, 6) is 1.20. The van der Waals surface area contributed by atoms with Gasteiger partial charge >= 0.3 is 6.09 Å². The molecule has 1 saturated carbocycles. The summed E-state index contributed by atoms with van der Waals surface area (Å²) < 4.78 is 5.37. The second-order valence-electron chi connectivity index (χ2n) is 9.13. The maximum absolute atomic E-state index is 12.1. The highest BCUT2D eigenvalue weighted by Crippen LogP contribution is 2.18. The third kappa shape index (κ3) is 11.6. The Bertz CT molecular complexity index is 553. The number of carbonyl (C=O) groups excluding carboxylic acids is 2. The third-order valence-corrected chi connectivity index (χ3v) is 4.66. The van der Waals surface area contributed by atoms with Gasteiger partial charge < -0.3 is 25.6 Å². The quantitative estimate of drug-likeness (QED) is 0.292. The molecule has 0 spiro atoms. The van der Waals surface area contributed by atoms with Crippen molar-refractivity contribution in [2.45, 2.75) is 84.4 Å². The molecule has 0 bridgehead atoms. The van der Waals surface area contributed by atoms with E-state index in [4.69, 9.17) is 4.74 Å². The monoisotopic (exact) mass is 411 g/mol. The maximum Gasteiger partial charge on any atom is 0.407 e. The Morgan fingerprint density at radius 2 is 1.90 bits per heavy atom. The van der Waals surface area contributed by atoms with Crippen LogP contribution < -0.4 is 16.0 Å². The van der Waals surface area contributed by atoms with Gasteiger partial charge in [-0.15, -0.1) is 0 Å². The van der Waals surface area contributed by atoms with E-state index in [9.17, 15) is 9.59 Å². The predicted octanol–water partition coefficient (Wildman–Crippen LogP) is 2.49. The lowest BCUT2D eigenvalue weighted by atomic mass is 10.0. The number of amides is 2. The molecule has 3 N–H and O–H groups in total. The normalized spacial score (nSPS) is 15.7. The van der Waals surface area contributed by atoms with Crippen molar-refractivity contribution in [1.82, 2.24) is 20.9 Å². The number of nitrogens with one attached hydrogen (secondary N) is 3. The van der Waals surface area contributed by atoms with Crippen LogP contribution in [0.1, 0.15) is 66.7 Å². The van der Waals surface area contributed by atoms with Crippen LogP contribution in [-0.4, -0.2) is 67.7 Å². The molecule has 1 atom stereocenters. The van der Waals surface area contributed by atoms with E-state index >= 15 is 0 Å². The van der Waals surface area contributed by atoms with Crippen LogP contribution in [0.25, 0.3) is 0 Å². The van der Waals surface area contributed by atoms with Gasteiger partial charge in [-0.1, -0.05) is 13.8 Å². The summed E-state index contributed by atoms with van der Waals surface area (Å²) >= 11 is 0. The highest BCUT2D eigenvalue weighted by atomic mass is 16.6. The molecular weight excluding hydrogens is 370 g/mol. The molecule has 0 aromatic rings. The van der Waals surface area contributed by atoms with E-state index in [2.05, 4.69) is 34.8 Å². The molecule has 1 aliphatic rings. The molecule has 0 aromatic carbocycles. The summed E-state index contributed by atoms with van der Waals surface area (Å²) in [7, 11) is 3.72. The van der Waals surface area contributed by atoms with Crippen molar-refractivity contribution in [3.63, 3.8) is 0 Å². The third-order valence-electron chi connectivity index (χ3n) is 4.66. The van der Waals surface area contributed by atoms with Gasteiger partial charge in [-0.2, -0.15) is 0 Å². The Balaban J connectivity index is 2.35. The molecule has 29 heavy (non-hydrogen) atoms. The summed E-state index contributed by atoms with van der Waals surface area (Å²) in [6.07, 6.45) is 3.91. The smallest absolute Gasteiger partial charge is 0.407 e. The first-order chi connectivity index (χ1) is 13.5. The Morgan fingerprint density at radius 1 is 1.24 bits per heavy atom. The van der Waals surface area contributed by atoms with Crippen molar-refractivity contribution in [1.29, 1.82) is 0 Å². The largest absolute Gasteiger partial charge is 0.444 e. The second kappa shape index (κ2) is 11.9. The van der Waals surface area contributed by atoms with Crippen molar-refractivity contribution in [3.8, 4) is 0 Å². The van der Waals surface area contributed by atoms with Gasteiger partial charge in [-0.05, 0) is 52.4 Å². The van der Waals surface area contributed by atoms with Crippen LogP contribution in [0.3, 0.4) is 0 Å². The zero-order valence-electron chi connectivity index (χ0n) is 19.3. The number of carbonyl (C=O) groups is 2. The summed E-state index contributed by atoms with van der Waals surface area (Å²) in [6.45, 7) is 11.2. The number of alkyl carbamates (subject to hydrolysis) is 1. The molecule has 1 unspecified atom stereocenters. The molecule has 8 nitrogen and oxygen atoms in total. The topological polar surface area (TPSA) is 95.1 Å². The van der Waals surface area contributed by atoms with Crippen molar-refractivity contribution < 1.29 is 14.3 Å². The van der Waals surface area contributed by atoms with Gasteiger partial charge in [-0.25, -0.2) is 4.79 Å². The fourth-order valence-corrected chi connectivity index (χ4v) is 2.83. The van der Waals surface area contributed by atoms with Gasteiger partial charge in [0.25, 0.3) is 0 Å². The van der Waals surface area contributed by atoms with Crippen LogP contribution in [0.4, 0.5) is 4.79 Å². The molecule has 0 heterocycles. The molecule has 168 valence electrons. The highest BCUT2D eigenvalue weighted by molar-refractivity contribution is 5.80. The van der Waals surface area contributed by atoms with E-state index in [0.29, 0.717) is 19.0 Å². The number of aliphatic imine (C=N–C) groups is 1. The lowest BCUT2D eigenvalue weighted by Crippen LogP contribution is -2.45. The Hall–Kier alpha value is -1.99. The van der Waals surface area contributed by atoms with E-state index < -0.39 is 5.60 Å². The van der Waals surface area contributed by atoms with Gasteiger partial charge in [0.1, 0.15) is 5.60 Å². The van der Waals surface area contributed by atoms with Crippen LogP contribution in [0, 0.1) is 5.92 Å². The van der Waals surface area contributed by atoms with Crippen LogP contribution >= 0.6 is 0 Å². The van der Waals surface area contributed by atoms with E-state index in [-0.39, 0.29) is 24.0 Å². The van der Waals surface area contributed by atoms with Crippen LogP contribution in [0.2, 0.25) is 0 Å². The van der Waals surface area contributed by atoms with E-state index in [0.717, 1.165) is 38.2 Å². The number of hydrogen-bond acceptors (Lipinski definition) is 4. The van der Waals surface area contributed by atoms with Crippen molar-refractivity contribution in [2.75, 3.05) is 27.2 Å². The SMILES string of the molecule is CN=C(NCCCC(=O)NC1CC1)N(C)CCC(NC(=O)OC(C)(C)C)C(C)C. The lowest BCUT2D eigenvalue weighted by Gasteiger charge is -2.28. The predicted molar refractivity (Wildman–Crippen MR) is 117 cm³/mol. The lowest BCUT2D eigenvalue weighted by molar-refractivity contribution is -0.121. The molecule has 0 radical (unpaired) electrons. The highest BCUT2D eigenvalue weighted by Gasteiger charge is 2.23. The molecule has 0 saturated heterocycles. The molecule has 0 aliphatic heterocycles. The molecule has 0 aromatic heterocycles. The fraction of sp³-hybridized carbons (Fsp3) is 0.857. The number of ether oxygens (including phenoxy) is 1. The second-order valence-corrected chi connectivity index (χ2v) is 9.13. The van der Waals surface area contributed by atoms with E-state index in [1.54, 1.807) is 7.05 Å². The molecule has 1 rings (SSSR count). The van der Waals surface area contributed by atoms with E-state index in [1.807, 2.05) is 32.7 Å². The van der Waals surface area contributed by atoms with Crippen LogP contribution in [0.5, 0.6) is 0 Å². The minimum Gasteiger partial charge on any atom is -0.444 e. The van der Waals surface area contributed by atoms with Gasteiger partial charge in [0.05, 0.1) is 0 Å². The van der Waals surface area contributed by atoms with Gasteiger partial charge in [-0.3, -0.25) is 9.79 Å². The summed E-state index contributed by atoms with van der Waals surface area (Å²) in [6, 6.07) is 0.425. The average molecular weight is 412 g/mol. The van der Waals surface area contributed by atoms with Crippen LogP contribution in [0.15, 0.2) is 4.99 Å². The zero-order chi connectivity index (χ0) is 22.0. The van der Waals surface area contributed by atoms with Crippen LogP contribution in [-0.2, 0) is 9.53 Å². The van der Waals surface area contributed by atoms with Crippen molar-refractivity contribution in [2.24, 2.45) is 10.9 Å². The molecule has 2 amide bonds. The first-order valence-corrected chi connectivity index (χ1v) is 10.7. The average Bonchev–Trinajstić information content (AvgIpc) is 3.40. The Labute approximate surface area is 176 Å². The maximum atomic E-state index is 12.1. The molecule has 1 fully saturated rings. The van der Waals surface area contributed by atoms with E-state index in [1.165, 1.54) is 0 Å². The van der Waals surface area contributed by atoms with Gasteiger partial charge in [0, 0.05) is 45.7 Å². The minimum atomic E-state index is -0.510. The number of hydrogen-bond donors (Lipinski definition) is 3. The molecular formula is C21H41N5O3. The summed E-state index contributed by atoms with van der Waals surface area (Å²) in [5, 5.41) is 9.28. The first-order valence-electron chi connectivity index (χ1n) is 10.7. The first kappa shape index (κ1) is 25.0. The Morgan fingerprint density at radius 3 is 2.41 bits per heavy atom. The van der Waals surface area contributed by atoms with Crippen molar-refractivity contribution >= 4 is 18.0 Å². The zero-order valence-corrected chi connectivity index (χ0v) is 19.3. The van der Waals surface area contributed by atoms with Crippen molar-refractivity contribution in [3.05, 3.63) is 0 Å². The Kier molecular flexibility index (Phi) is 10.3.